The molecule has 48 heavy (non-hydrogen) atoms. The highest BCUT2D eigenvalue weighted by Crippen LogP contribution is 2.53. The third-order valence-corrected chi connectivity index (χ3v) is 9.33. The third-order valence-electron chi connectivity index (χ3n) is 9.33. The van der Waals surface area contributed by atoms with Gasteiger partial charge in [0.15, 0.2) is 0 Å². The summed E-state index contributed by atoms with van der Waals surface area (Å²) in [4.78, 5) is 20.7. The van der Waals surface area contributed by atoms with Gasteiger partial charge in [0.1, 0.15) is 17.2 Å². The van der Waals surface area contributed by atoms with E-state index in [4.69, 9.17) is 14.4 Å². The van der Waals surface area contributed by atoms with Gasteiger partial charge >= 0.3 is 0 Å². The van der Waals surface area contributed by atoms with Crippen molar-refractivity contribution in [2.45, 2.75) is 0 Å². The number of benzene rings is 5. The summed E-state index contributed by atoms with van der Waals surface area (Å²) in [5.74, 6) is 1.56. The first-order chi connectivity index (χ1) is 23.8. The molecule has 0 unspecified atom stereocenters. The summed E-state index contributed by atoms with van der Waals surface area (Å²) in [6.07, 6.45) is 7.63. The summed E-state index contributed by atoms with van der Waals surface area (Å²) in [7, 11) is 0. The van der Waals surface area contributed by atoms with E-state index >= 15 is 0 Å². The van der Waals surface area contributed by atoms with Crippen LogP contribution in [0, 0.1) is 0 Å². The highest BCUT2D eigenvalue weighted by atomic mass is 16.3. The van der Waals surface area contributed by atoms with Crippen LogP contribution in [0.25, 0.3) is 99.9 Å². The first kappa shape index (κ1) is 26.5. The number of aromatic amines is 3. The third kappa shape index (κ3) is 3.99. The largest absolute Gasteiger partial charge is 0.456 e. The maximum Gasteiger partial charge on any atom is 0.138 e. The molecule has 5 aromatic carbocycles. The van der Waals surface area contributed by atoms with Crippen molar-refractivity contribution in [1.29, 1.82) is 0 Å². The van der Waals surface area contributed by atoms with Crippen molar-refractivity contribution in [3.05, 3.63) is 146 Å². The molecule has 0 saturated carbocycles. The van der Waals surface area contributed by atoms with E-state index < -0.39 is 0 Å². The van der Waals surface area contributed by atoms with E-state index in [2.05, 4.69) is 112 Å². The molecule has 5 heterocycles. The molecule has 10 rings (SSSR count). The molecule has 0 atom stereocenters. The Bertz CT molecular complexity index is 2720. The maximum atomic E-state index is 6.78. The van der Waals surface area contributed by atoms with Gasteiger partial charge in [0.25, 0.3) is 0 Å². The van der Waals surface area contributed by atoms with Crippen molar-refractivity contribution >= 4 is 43.4 Å². The van der Waals surface area contributed by atoms with Gasteiger partial charge in [0.05, 0.1) is 11.4 Å². The summed E-state index contributed by atoms with van der Waals surface area (Å²) in [5, 5.41) is 6.51. The fraction of sp³-hybridized carbons (Fsp3) is 0. The van der Waals surface area contributed by atoms with Gasteiger partial charge in [-0.3, -0.25) is 4.98 Å². The van der Waals surface area contributed by atoms with Gasteiger partial charge in [-0.25, -0.2) is 4.98 Å². The lowest BCUT2D eigenvalue weighted by Gasteiger charge is -2.22. The number of hydrogen-bond acceptors (Lipinski definition) is 3. The van der Waals surface area contributed by atoms with Crippen LogP contribution in [0.4, 0.5) is 0 Å². The Hall–Kier alpha value is -6.66. The highest BCUT2D eigenvalue weighted by Gasteiger charge is 2.30. The molecular formula is C42H27N5O. The number of rotatable bonds is 5. The van der Waals surface area contributed by atoms with E-state index in [-0.39, 0.29) is 0 Å². The van der Waals surface area contributed by atoms with Crippen molar-refractivity contribution in [1.82, 2.24) is 24.9 Å². The van der Waals surface area contributed by atoms with Crippen LogP contribution in [0.5, 0.6) is 0 Å². The quantitative estimate of drug-likeness (QED) is 0.180. The van der Waals surface area contributed by atoms with E-state index in [0.717, 1.165) is 99.9 Å². The molecule has 3 N–H and O–H groups in total. The monoisotopic (exact) mass is 617 g/mol. The molecule has 10 aromatic rings. The Kier molecular flexibility index (Phi) is 5.77. The van der Waals surface area contributed by atoms with Gasteiger partial charge in [-0.1, -0.05) is 84.9 Å². The molecule has 0 fully saturated rings. The molecule has 0 bridgehead atoms. The molecule has 0 amide bonds. The van der Waals surface area contributed by atoms with Crippen LogP contribution in [0.2, 0.25) is 0 Å². The van der Waals surface area contributed by atoms with Crippen LogP contribution in [-0.2, 0) is 0 Å². The highest BCUT2D eigenvalue weighted by molar-refractivity contribution is 6.22. The number of nitrogens with zero attached hydrogens (tertiary/aromatic N) is 2. The summed E-state index contributed by atoms with van der Waals surface area (Å²) in [6.45, 7) is 0. The van der Waals surface area contributed by atoms with Crippen molar-refractivity contribution in [2.24, 2.45) is 0 Å². The summed E-state index contributed by atoms with van der Waals surface area (Å²) in [6, 6.07) is 42.0. The minimum Gasteiger partial charge on any atom is -0.456 e. The topological polar surface area (TPSA) is 86.3 Å². The lowest BCUT2D eigenvalue weighted by Crippen LogP contribution is -2.00. The normalized spacial score (nSPS) is 11.8. The number of imidazole rings is 1. The lowest BCUT2D eigenvalue weighted by molar-refractivity contribution is 0.632. The molecule has 5 aromatic heterocycles. The van der Waals surface area contributed by atoms with Gasteiger partial charge in [-0.05, 0) is 47.2 Å². The zero-order chi connectivity index (χ0) is 31.6. The second-order valence-electron chi connectivity index (χ2n) is 12.1. The molecule has 0 saturated heterocycles. The molecule has 6 nitrogen and oxygen atoms in total. The second kappa shape index (κ2) is 10.4. The van der Waals surface area contributed by atoms with Crippen molar-refractivity contribution in [3.63, 3.8) is 0 Å². The molecule has 0 spiro atoms. The minimum absolute atomic E-state index is 0.769. The molecule has 0 aliphatic rings. The Morgan fingerprint density at radius 2 is 1.38 bits per heavy atom. The molecule has 0 radical (unpaired) electrons. The molecular weight excluding hydrogens is 590 g/mol. The van der Waals surface area contributed by atoms with Crippen molar-refractivity contribution in [2.75, 3.05) is 0 Å². The predicted molar refractivity (Wildman–Crippen MR) is 195 cm³/mol. The fourth-order valence-electron chi connectivity index (χ4n) is 7.29. The van der Waals surface area contributed by atoms with Crippen LogP contribution >= 0.6 is 0 Å². The minimum atomic E-state index is 0.769. The van der Waals surface area contributed by atoms with Gasteiger partial charge in [-0.2, -0.15) is 0 Å². The SMILES string of the molecule is c1ccc(-c2cccc3c(-c4cc5ccccc5o4)c(-c4[nH]cc5ccccc45)c(-c4cc5ccccc5[nH]4)c(-c4ncc[nH]4)c23)nc1. The number of hydrogen-bond donors (Lipinski definition) is 3. The average molecular weight is 618 g/mol. The summed E-state index contributed by atoms with van der Waals surface area (Å²) >= 11 is 0. The number of furan rings is 1. The molecule has 6 heteroatoms. The number of H-pyrrole nitrogens is 3. The fourth-order valence-corrected chi connectivity index (χ4v) is 7.29. The first-order valence-corrected chi connectivity index (χ1v) is 16.0. The number of para-hydroxylation sites is 2. The van der Waals surface area contributed by atoms with Crippen molar-refractivity contribution in [3.8, 4) is 56.5 Å². The van der Waals surface area contributed by atoms with E-state index in [1.807, 2.05) is 48.9 Å². The van der Waals surface area contributed by atoms with E-state index in [1.54, 1.807) is 0 Å². The predicted octanol–water partition coefficient (Wildman–Crippen LogP) is 11.0. The first-order valence-electron chi connectivity index (χ1n) is 16.0. The van der Waals surface area contributed by atoms with Gasteiger partial charge in [0.2, 0.25) is 0 Å². The second-order valence-corrected chi connectivity index (χ2v) is 12.1. The van der Waals surface area contributed by atoms with Gasteiger partial charge < -0.3 is 19.4 Å². The number of aromatic nitrogens is 5. The Morgan fingerprint density at radius 1 is 0.562 bits per heavy atom. The Balaban J connectivity index is 1.49. The van der Waals surface area contributed by atoms with Crippen LogP contribution in [-0.4, -0.2) is 24.9 Å². The molecule has 0 aliphatic heterocycles. The summed E-state index contributed by atoms with van der Waals surface area (Å²) in [5.41, 5.74) is 9.80. The summed E-state index contributed by atoms with van der Waals surface area (Å²) < 4.78 is 6.78. The smallest absolute Gasteiger partial charge is 0.138 e. The molecule has 0 aliphatic carbocycles. The van der Waals surface area contributed by atoms with Crippen LogP contribution in [0.15, 0.2) is 151 Å². The zero-order valence-electron chi connectivity index (χ0n) is 25.7. The van der Waals surface area contributed by atoms with Crippen LogP contribution in [0.1, 0.15) is 0 Å². The van der Waals surface area contributed by atoms with E-state index in [0.29, 0.717) is 0 Å². The zero-order valence-corrected chi connectivity index (χ0v) is 25.7. The molecule has 226 valence electrons. The van der Waals surface area contributed by atoms with Crippen molar-refractivity contribution < 1.29 is 4.42 Å². The number of fused-ring (bicyclic) bond motifs is 4. The van der Waals surface area contributed by atoms with E-state index in [9.17, 15) is 0 Å². The Morgan fingerprint density at radius 3 is 2.21 bits per heavy atom. The lowest BCUT2D eigenvalue weighted by atomic mass is 9.82. The number of pyridine rings is 1. The standard InChI is InChI=1S/C42H27N5O/c1-4-13-28-27(12-1)24-46-41(28)39-37(35-23-26-11-3-6-18-34(26)48-35)30-15-9-14-29(32-17-7-8-19-43-32)36(30)40(42-44-20-21-45-42)38(39)33-22-25-10-2-5-16-31(25)47-33/h1-24,46-47H,(H,44,45). The van der Waals surface area contributed by atoms with Crippen LogP contribution < -0.4 is 0 Å². The maximum absolute atomic E-state index is 6.78. The van der Waals surface area contributed by atoms with E-state index in [1.165, 1.54) is 0 Å². The average Bonchev–Trinajstić information content (AvgIpc) is 3.96. The number of nitrogens with one attached hydrogen (secondary N) is 3. The van der Waals surface area contributed by atoms with Gasteiger partial charge in [0, 0.05) is 85.4 Å². The van der Waals surface area contributed by atoms with Crippen LogP contribution in [0.3, 0.4) is 0 Å². The Labute approximate surface area is 274 Å². The van der Waals surface area contributed by atoms with Gasteiger partial charge in [-0.15, -0.1) is 0 Å².